The largest absolute Gasteiger partial charge is 0.368 e. The quantitative estimate of drug-likeness (QED) is 0.841. The molecule has 0 bridgehead atoms. The fraction of sp³-hybridized carbons (Fsp3) is 0.381. The van der Waals surface area contributed by atoms with Crippen LogP contribution in [0, 0.1) is 0 Å². The molecule has 27 heavy (non-hydrogen) atoms. The average molecular weight is 404 g/mol. The molecular weight excluding hydrogens is 381 g/mol. The molecule has 1 fully saturated rings. The Morgan fingerprint density at radius 2 is 1.93 bits per heavy atom. The maximum absolute atomic E-state index is 11.7. The van der Waals surface area contributed by atoms with E-state index in [0.29, 0.717) is 5.02 Å². The summed E-state index contributed by atoms with van der Waals surface area (Å²) in [5.74, 6) is -0.0294. The first-order chi connectivity index (χ1) is 12.9. The zero-order valence-electron chi connectivity index (χ0n) is 15.3. The molecule has 4 rings (SSSR count). The monoisotopic (exact) mass is 403 g/mol. The minimum atomic E-state index is -0.247. The van der Waals surface area contributed by atoms with E-state index in [2.05, 4.69) is 41.1 Å². The SMILES string of the molecule is CN1Cc2c(Cl)cc(Cl)cc2C(c2ccc(N3CCCC3C(N)=O)cc2)C1. The highest BCUT2D eigenvalue weighted by molar-refractivity contribution is 6.35. The molecule has 2 unspecified atom stereocenters. The molecule has 142 valence electrons. The van der Waals surface area contributed by atoms with Crippen LogP contribution in [0.15, 0.2) is 36.4 Å². The normalized spacial score (nSPS) is 22.7. The van der Waals surface area contributed by atoms with E-state index in [1.54, 1.807) is 0 Å². The van der Waals surface area contributed by atoms with E-state index < -0.39 is 0 Å². The Labute approximate surface area is 169 Å². The van der Waals surface area contributed by atoms with Gasteiger partial charge in [-0.3, -0.25) is 4.79 Å². The molecule has 2 aromatic rings. The zero-order chi connectivity index (χ0) is 19.1. The molecule has 6 heteroatoms. The highest BCUT2D eigenvalue weighted by Crippen LogP contribution is 2.39. The number of rotatable bonds is 3. The lowest BCUT2D eigenvalue weighted by Crippen LogP contribution is -2.40. The van der Waals surface area contributed by atoms with Gasteiger partial charge in [0, 0.05) is 41.3 Å². The predicted octanol–water partition coefficient (Wildman–Crippen LogP) is 4.02. The molecule has 2 aromatic carbocycles. The Bertz CT molecular complexity index is 868. The molecular formula is C21H23Cl2N3O. The van der Waals surface area contributed by atoms with Gasteiger partial charge in [0.1, 0.15) is 6.04 Å². The number of carbonyl (C=O) groups excluding carboxylic acids is 1. The van der Waals surface area contributed by atoms with Crippen LogP contribution in [0.1, 0.15) is 35.4 Å². The number of hydrogen-bond donors (Lipinski definition) is 1. The first-order valence-electron chi connectivity index (χ1n) is 9.26. The number of hydrogen-bond acceptors (Lipinski definition) is 3. The summed E-state index contributed by atoms with van der Waals surface area (Å²) in [5, 5.41) is 1.40. The van der Waals surface area contributed by atoms with E-state index >= 15 is 0 Å². The van der Waals surface area contributed by atoms with Crippen molar-refractivity contribution in [2.45, 2.75) is 31.3 Å². The summed E-state index contributed by atoms with van der Waals surface area (Å²) in [7, 11) is 2.11. The molecule has 2 aliphatic heterocycles. The van der Waals surface area contributed by atoms with Crippen molar-refractivity contribution >= 4 is 34.8 Å². The third-order valence-electron chi connectivity index (χ3n) is 5.70. The van der Waals surface area contributed by atoms with Crippen LogP contribution in [0.2, 0.25) is 10.0 Å². The summed E-state index contributed by atoms with van der Waals surface area (Å²) < 4.78 is 0. The van der Waals surface area contributed by atoms with E-state index in [0.717, 1.165) is 48.7 Å². The van der Waals surface area contributed by atoms with Crippen LogP contribution < -0.4 is 10.6 Å². The Morgan fingerprint density at radius 1 is 1.19 bits per heavy atom. The first-order valence-corrected chi connectivity index (χ1v) is 10.0. The predicted molar refractivity (Wildman–Crippen MR) is 111 cm³/mol. The number of carbonyl (C=O) groups is 1. The Hall–Kier alpha value is -1.75. The Kier molecular flexibility index (Phi) is 5.06. The summed E-state index contributed by atoms with van der Waals surface area (Å²) in [6, 6.07) is 12.1. The Balaban J connectivity index is 1.66. The van der Waals surface area contributed by atoms with Gasteiger partial charge in [0.25, 0.3) is 0 Å². The van der Waals surface area contributed by atoms with Gasteiger partial charge in [-0.05, 0) is 60.8 Å². The summed E-state index contributed by atoms with van der Waals surface area (Å²) in [4.78, 5) is 16.1. The van der Waals surface area contributed by atoms with Gasteiger partial charge >= 0.3 is 0 Å². The smallest absolute Gasteiger partial charge is 0.240 e. The second-order valence-corrected chi connectivity index (χ2v) is 8.39. The van der Waals surface area contributed by atoms with Crippen LogP contribution in [-0.2, 0) is 11.3 Å². The molecule has 2 heterocycles. The molecule has 0 saturated carbocycles. The lowest BCUT2D eigenvalue weighted by molar-refractivity contribution is -0.119. The molecule has 0 aliphatic carbocycles. The fourth-order valence-electron chi connectivity index (χ4n) is 4.40. The van der Waals surface area contributed by atoms with Crippen molar-refractivity contribution in [2.24, 2.45) is 5.73 Å². The molecule has 4 nitrogen and oxygen atoms in total. The maximum atomic E-state index is 11.7. The number of halogens is 2. The number of primary amides is 1. The number of anilines is 1. The second kappa shape index (κ2) is 7.34. The summed E-state index contributed by atoms with van der Waals surface area (Å²) in [6.07, 6.45) is 1.82. The van der Waals surface area contributed by atoms with Gasteiger partial charge in [-0.25, -0.2) is 0 Å². The summed E-state index contributed by atoms with van der Waals surface area (Å²) in [5.41, 5.74) is 10.2. The molecule has 2 aliphatic rings. The summed E-state index contributed by atoms with van der Waals surface area (Å²) in [6.45, 7) is 2.61. The average Bonchev–Trinajstić information content (AvgIpc) is 3.12. The zero-order valence-corrected chi connectivity index (χ0v) is 16.8. The minimum Gasteiger partial charge on any atom is -0.368 e. The van der Waals surface area contributed by atoms with Crippen molar-refractivity contribution in [3.63, 3.8) is 0 Å². The van der Waals surface area contributed by atoms with Crippen LogP contribution >= 0.6 is 23.2 Å². The van der Waals surface area contributed by atoms with Gasteiger partial charge in [0.05, 0.1) is 0 Å². The van der Waals surface area contributed by atoms with Crippen molar-refractivity contribution < 1.29 is 4.79 Å². The van der Waals surface area contributed by atoms with Gasteiger partial charge in [0.2, 0.25) is 5.91 Å². The second-order valence-electron chi connectivity index (χ2n) is 7.55. The van der Waals surface area contributed by atoms with E-state index in [4.69, 9.17) is 28.9 Å². The van der Waals surface area contributed by atoms with Crippen molar-refractivity contribution in [3.05, 3.63) is 63.1 Å². The van der Waals surface area contributed by atoms with Gasteiger partial charge in [-0.1, -0.05) is 35.3 Å². The van der Waals surface area contributed by atoms with Crippen LogP contribution in [-0.4, -0.2) is 37.0 Å². The van der Waals surface area contributed by atoms with Crippen molar-refractivity contribution in [3.8, 4) is 0 Å². The number of fused-ring (bicyclic) bond motifs is 1. The number of likely N-dealkylation sites (N-methyl/N-ethyl adjacent to an activating group) is 1. The first kappa shape index (κ1) is 18.6. The van der Waals surface area contributed by atoms with Gasteiger partial charge < -0.3 is 15.5 Å². The molecule has 1 saturated heterocycles. The van der Waals surface area contributed by atoms with Gasteiger partial charge in [-0.15, -0.1) is 0 Å². The number of benzene rings is 2. The van der Waals surface area contributed by atoms with Crippen molar-refractivity contribution in [1.29, 1.82) is 0 Å². The number of nitrogens with zero attached hydrogens (tertiary/aromatic N) is 2. The van der Waals surface area contributed by atoms with Crippen molar-refractivity contribution in [2.75, 3.05) is 25.0 Å². The van der Waals surface area contributed by atoms with E-state index in [-0.39, 0.29) is 17.9 Å². The molecule has 1 amide bonds. The maximum Gasteiger partial charge on any atom is 0.240 e. The fourth-order valence-corrected chi connectivity index (χ4v) is 4.97. The van der Waals surface area contributed by atoms with Gasteiger partial charge in [0.15, 0.2) is 0 Å². The number of nitrogens with two attached hydrogens (primary N) is 1. The topological polar surface area (TPSA) is 49.6 Å². The standard InChI is InChI=1S/C21H23Cl2N3O/c1-25-11-17(16-9-14(22)10-19(23)18(16)12-25)13-4-6-15(7-5-13)26-8-2-3-20(26)21(24)27/h4-7,9-10,17,20H,2-3,8,11-12H2,1H3,(H2,24,27). The molecule has 2 N–H and O–H groups in total. The lowest BCUT2D eigenvalue weighted by atomic mass is 9.84. The van der Waals surface area contributed by atoms with Crippen LogP contribution in [0.3, 0.4) is 0 Å². The highest BCUT2D eigenvalue weighted by Gasteiger charge is 2.30. The molecule has 0 aromatic heterocycles. The van der Waals surface area contributed by atoms with E-state index in [1.807, 2.05) is 12.1 Å². The third kappa shape index (κ3) is 3.54. The van der Waals surface area contributed by atoms with Crippen LogP contribution in [0.4, 0.5) is 5.69 Å². The summed E-state index contributed by atoms with van der Waals surface area (Å²) >= 11 is 12.7. The van der Waals surface area contributed by atoms with E-state index in [1.165, 1.54) is 11.1 Å². The van der Waals surface area contributed by atoms with Crippen LogP contribution in [0.5, 0.6) is 0 Å². The lowest BCUT2D eigenvalue weighted by Gasteiger charge is -2.33. The van der Waals surface area contributed by atoms with Gasteiger partial charge in [-0.2, -0.15) is 0 Å². The number of amides is 1. The molecule has 0 spiro atoms. The molecule has 2 atom stereocenters. The highest BCUT2D eigenvalue weighted by atomic mass is 35.5. The third-order valence-corrected chi connectivity index (χ3v) is 6.26. The van der Waals surface area contributed by atoms with Crippen molar-refractivity contribution in [1.82, 2.24) is 4.90 Å². The van der Waals surface area contributed by atoms with E-state index in [9.17, 15) is 4.79 Å². The molecule has 0 radical (unpaired) electrons. The van der Waals surface area contributed by atoms with Crippen LogP contribution in [0.25, 0.3) is 0 Å². The Morgan fingerprint density at radius 3 is 2.63 bits per heavy atom. The minimum absolute atomic E-state index is 0.199.